The van der Waals surface area contributed by atoms with E-state index in [-0.39, 0.29) is 29.0 Å². The Hall–Kier alpha value is -2.19. The summed E-state index contributed by atoms with van der Waals surface area (Å²) in [7, 11) is 0. The topological polar surface area (TPSA) is 94.1 Å². The Balaban J connectivity index is 1.61. The molecule has 0 saturated carbocycles. The number of nitrogens with zero attached hydrogens (tertiary/aromatic N) is 4. The van der Waals surface area contributed by atoms with Gasteiger partial charge in [-0.3, -0.25) is 14.5 Å². The number of carbonyl (C=O) groups is 2. The molecule has 4 rings (SSSR count). The minimum atomic E-state index is -0.293. The van der Waals surface area contributed by atoms with E-state index < -0.39 is 0 Å². The first-order valence-corrected chi connectivity index (χ1v) is 10.2. The van der Waals surface area contributed by atoms with Crippen LogP contribution in [-0.4, -0.2) is 49.8 Å². The van der Waals surface area contributed by atoms with Gasteiger partial charge in [0.2, 0.25) is 5.91 Å². The highest BCUT2D eigenvalue weighted by Crippen LogP contribution is 2.42. The standard InChI is InChI=1S/C19H23N5O2S/c1-2-14-21-19-24(22-14)18(26)16(27-19)15(12-6-4-3-5-7-12)23-10-8-13(9-11-23)17(20)25/h3-7,13,15-16H,2,8-11H2,1H3,(H2,20,25). The number of rotatable bonds is 5. The number of thioether (sulfide) groups is 1. The number of aromatic nitrogens is 3. The molecule has 2 atom stereocenters. The lowest BCUT2D eigenvalue weighted by Crippen LogP contribution is -2.45. The lowest BCUT2D eigenvalue weighted by atomic mass is 9.92. The van der Waals surface area contributed by atoms with E-state index in [1.165, 1.54) is 16.4 Å². The molecule has 2 aliphatic heterocycles. The van der Waals surface area contributed by atoms with Crippen molar-refractivity contribution in [2.24, 2.45) is 11.7 Å². The minimum Gasteiger partial charge on any atom is -0.369 e. The Morgan fingerprint density at radius 3 is 2.59 bits per heavy atom. The molecule has 0 radical (unpaired) electrons. The molecule has 142 valence electrons. The molecular weight excluding hydrogens is 362 g/mol. The van der Waals surface area contributed by atoms with Crippen molar-refractivity contribution in [3.05, 3.63) is 41.7 Å². The summed E-state index contributed by atoms with van der Waals surface area (Å²) >= 11 is 1.49. The first kappa shape index (κ1) is 18.2. The summed E-state index contributed by atoms with van der Waals surface area (Å²) in [6.45, 7) is 3.47. The number of benzene rings is 1. The van der Waals surface area contributed by atoms with Gasteiger partial charge in [0.05, 0.1) is 6.04 Å². The zero-order valence-electron chi connectivity index (χ0n) is 15.2. The SMILES string of the molecule is CCc1nc2n(n1)C(=O)C(C(c1ccccc1)N1CCC(C(N)=O)CC1)S2. The van der Waals surface area contributed by atoms with Gasteiger partial charge in [-0.25, -0.2) is 4.98 Å². The van der Waals surface area contributed by atoms with Crippen LogP contribution in [0.25, 0.3) is 0 Å². The third-order valence-electron chi connectivity index (χ3n) is 5.38. The van der Waals surface area contributed by atoms with E-state index in [0.29, 0.717) is 17.4 Å². The molecule has 1 fully saturated rings. The predicted molar refractivity (Wildman–Crippen MR) is 102 cm³/mol. The van der Waals surface area contributed by atoms with E-state index in [0.717, 1.165) is 31.5 Å². The smallest absolute Gasteiger partial charge is 0.264 e. The normalized spacial score (nSPS) is 22.0. The van der Waals surface area contributed by atoms with Gasteiger partial charge in [-0.1, -0.05) is 49.0 Å². The van der Waals surface area contributed by atoms with Crippen LogP contribution in [0.4, 0.5) is 0 Å². The molecule has 0 spiro atoms. The second kappa shape index (κ2) is 7.44. The number of primary amides is 1. The number of likely N-dealkylation sites (tertiary alicyclic amines) is 1. The number of amides is 1. The number of aryl methyl sites for hydroxylation is 1. The van der Waals surface area contributed by atoms with Crippen molar-refractivity contribution in [2.45, 2.75) is 42.6 Å². The number of fused-ring (bicyclic) bond motifs is 1. The fraction of sp³-hybridized carbons (Fsp3) is 0.474. The molecule has 7 nitrogen and oxygen atoms in total. The monoisotopic (exact) mass is 385 g/mol. The molecule has 1 aromatic heterocycles. The second-order valence-corrected chi connectivity index (χ2v) is 8.13. The largest absolute Gasteiger partial charge is 0.369 e. The van der Waals surface area contributed by atoms with Gasteiger partial charge >= 0.3 is 0 Å². The minimum absolute atomic E-state index is 0.0203. The van der Waals surface area contributed by atoms with Gasteiger partial charge in [-0.2, -0.15) is 4.68 Å². The third kappa shape index (κ3) is 3.39. The van der Waals surface area contributed by atoms with Gasteiger partial charge in [-0.05, 0) is 31.5 Å². The summed E-state index contributed by atoms with van der Waals surface area (Å²) in [5.41, 5.74) is 6.58. The molecule has 2 aromatic rings. The van der Waals surface area contributed by atoms with E-state index in [9.17, 15) is 9.59 Å². The molecule has 8 heteroatoms. The lowest BCUT2D eigenvalue weighted by molar-refractivity contribution is -0.123. The molecule has 0 aliphatic carbocycles. The summed E-state index contributed by atoms with van der Waals surface area (Å²) in [5.74, 6) is 0.374. The fourth-order valence-electron chi connectivity index (χ4n) is 3.88. The molecule has 27 heavy (non-hydrogen) atoms. The molecule has 0 bridgehead atoms. The Morgan fingerprint density at radius 2 is 2.00 bits per heavy atom. The molecule has 1 aromatic carbocycles. The lowest BCUT2D eigenvalue weighted by Gasteiger charge is -2.38. The van der Waals surface area contributed by atoms with E-state index in [4.69, 9.17) is 5.73 Å². The number of hydrogen-bond acceptors (Lipinski definition) is 6. The van der Waals surface area contributed by atoms with Crippen LogP contribution < -0.4 is 5.73 Å². The van der Waals surface area contributed by atoms with Crippen molar-refractivity contribution in [1.82, 2.24) is 19.7 Å². The average Bonchev–Trinajstić information content (AvgIpc) is 3.23. The van der Waals surface area contributed by atoms with Crippen molar-refractivity contribution in [1.29, 1.82) is 0 Å². The van der Waals surface area contributed by atoms with E-state index in [1.54, 1.807) is 0 Å². The fourth-order valence-corrected chi connectivity index (χ4v) is 5.16. The molecule has 2 aliphatic rings. The van der Waals surface area contributed by atoms with Gasteiger partial charge < -0.3 is 5.73 Å². The first-order chi connectivity index (χ1) is 13.1. The van der Waals surface area contributed by atoms with Crippen molar-refractivity contribution < 1.29 is 9.59 Å². The molecule has 1 amide bonds. The zero-order chi connectivity index (χ0) is 19.0. The first-order valence-electron chi connectivity index (χ1n) is 9.33. The highest BCUT2D eigenvalue weighted by atomic mass is 32.2. The van der Waals surface area contributed by atoms with Crippen LogP contribution in [-0.2, 0) is 11.2 Å². The molecule has 2 unspecified atom stereocenters. The Morgan fingerprint density at radius 1 is 1.30 bits per heavy atom. The van der Waals surface area contributed by atoms with Crippen LogP contribution in [0.15, 0.2) is 35.5 Å². The predicted octanol–water partition coefficient (Wildman–Crippen LogP) is 1.89. The van der Waals surface area contributed by atoms with Gasteiger partial charge in [0.1, 0.15) is 5.25 Å². The Bertz CT molecular complexity index is 845. The van der Waals surface area contributed by atoms with Gasteiger partial charge in [0.15, 0.2) is 11.0 Å². The number of nitrogens with two attached hydrogens (primary N) is 1. The van der Waals surface area contributed by atoms with E-state index in [1.807, 2.05) is 25.1 Å². The summed E-state index contributed by atoms with van der Waals surface area (Å²) in [5, 5.41) is 4.74. The second-order valence-electron chi connectivity index (χ2n) is 7.02. The van der Waals surface area contributed by atoms with Crippen molar-refractivity contribution >= 4 is 23.6 Å². The molecular formula is C19H23N5O2S. The highest BCUT2D eigenvalue weighted by Gasteiger charge is 2.43. The maximum atomic E-state index is 13.1. The van der Waals surface area contributed by atoms with Crippen LogP contribution in [0.1, 0.15) is 42.0 Å². The van der Waals surface area contributed by atoms with Crippen LogP contribution in [0.2, 0.25) is 0 Å². The number of carbonyl (C=O) groups excluding carboxylic acids is 2. The summed E-state index contributed by atoms with van der Waals surface area (Å²) in [6.07, 6.45) is 2.17. The van der Waals surface area contributed by atoms with Gasteiger partial charge in [0.25, 0.3) is 5.91 Å². The van der Waals surface area contributed by atoms with Crippen LogP contribution in [0.3, 0.4) is 0 Å². The highest BCUT2D eigenvalue weighted by molar-refractivity contribution is 8.00. The van der Waals surface area contributed by atoms with Crippen LogP contribution in [0, 0.1) is 5.92 Å². The van der Waals surface area contributed by atoms with Crippen molar-refractivity contribution in [3.8, 4) is 0 Å². The maximum absolute atomic E-state index is 13.1. The molecule has 1 saturated heterocycles. The molecule has 3 heterocycles. The van der Waals surface area contributed by atoms with Gasteiger partial charge in [-0.15, -0.1) is 5.10 Å². The van der Waals surface area contributed by atoms with E-state index in [2.05, 4.69) is 27.1 Å². The van der Waals surface area contributed by atoms with Crippen LogP contribution in [0.5, 0.6) is 0 Å². The summed E-state index contributed by atoms with van der Waals surface area (Å²) in [6, 6.07) is 10.0. The maximum Gasteiger partial charge on any atom is 0.264 e. The Kier molecular flexibility index (Phi) is 5.01. The number of hydrogen-bond donors (Lipinski definition) is 1. The Labute approximate surface area is 162 Å². The van der Waals surface area contributed by atoms with Crippen molar-refractivity contribution in [2.75, 3.05) is 13.1 Å². The quantitative estimate of drug-likeness (QED) is 0.845. The third-order valence-corrected chi connectivity index (χ3v) is 6.56. The summed E-state index contributed by atoms with van der Waals surface area (Å²) < 4.78 is 1.46. The number of piperidine rings is 1. The molecule has 2 N–H and O–H groups in total. The zero-order valence-corrected chi connectivity index (χ0v) is 16.1. The summed E-state index contributed by atoms with van der Waals surface area (Å²) in [4.78, 5) is 31.4. The van der Waals surface area contributed by atoms with Crippen molar-refractivity contribution in [3.63, 3.8) is 0 Å². The van der Waals surface area contributed by atoms with E-state index >= 15 is 0 Å². The van der Waals surface area contributed by atoms with Gasteiger partial charge in [0, 0.05) is 12.3 Å². The average molecular weight is 385 g/mol. The van der Waals surface area contributed by atoms with Crippen LogP contribution >= 0.6 is 11.8 Å².